The molecule has 0 aromatic heterocycles. The van der Waals surface area contributed by atoms with Gasteiger partial charge in [-0.2, -0.15) is 0 Å². The summed E-state index contributed by atoms with van der Waals surface area (Å²) < 4.78 is 12.1. The van der Waals surface area contributed by atoms with Crippen LogP contribution in [0.15, 0.2) is 24.0 Å². The third-order valence-electron chi connectivity index (χ3n) is 1.01. The van der Waals surface area contributed by atoms with Crippen LogP contribution in [0.25, 0.3) is 0 Å². The average molecular weight is 114 g/mol. The summed E-state index contributed by atoms with van der Waals surface area (Å²) in [7, 11) is 0. The number of aliphatic hydroxyl groups excluding tert-OH is 1. The number of alkyl halides is 1. The van der Waals surface area contributed by atoms with Gasteiger partial charge in [-0.1, -0.05) is 12.2 Å². The van der Waals surface area contributed by atoms with Crippen molar-refractivity contribution in [3.63, 3.8) is 0 Å². The number of hydrogen-bond acceptors (Lipinski definition) is 1. The molecule has 0 aromatic carbocycles. The van der Waals surface area contributed by atoms with Gasteiger partial charge in [0.15, 0.2) is 0 Å². The Hall–Kier alpha value is -0.790. The molecule has 0 bridgehead atoms. The standard InChI is InChI=1S/C6H7FO/c7-5-2-1-3-6(8)4-5/h1-3,5,8H,4H2. The molecule has 1 aliphatic rings. The van der Waals surface area contributed by atoms with E-state index in [1.165, 1.54) is 18.2 Å². The molecule has 0 fully saturated rings. The fraction of sp³-hybridized carbons (Fsp3) is 0.333. The summed E-state index contributed by atoms with van der Waals surface area (Å²) in [5.41, 5.74) is 0. The van der Waals surface area contributed by atoms with Crippen LogP contribution in [0.1, 0.15) is 6.42 Å². The van der Waals surface area contributed by atoms with Crippen molar-refractivity contribution in [1.82, 2.24) is 0 Å². The van der Waals surface area contributed by atoms with Crippen LogP contribution in [0.5, 0.6) is 0 Å². The molecule has 1 unspecified atom stereocenters. The summed E-state index contributed by atoms with van der Waals surface area (Å²) in [5.74, 6) is 0.125. The maximum atomic E-state index is 12.1. The highest BCUT2D eigenvalue weighted by Gasteiger charge is 2.06. The second-order valence-electron chi connectivity index (χ2n) is 1.76. The lowest BCUT2D eigenvalue weighted by atomic mass is 10.1. The van der Waals surface area contributed by atoms with E-state index in [0.717, 1.165) is 0 Å². The van der Waals surface area contributed by atoms with Crippen LogP contribution in [0.3, 0.4) is 0 Å². The molecule has 0 spiro atoms. The summed E-state index contributed by atoms with van der Waals surface area (Å²) >= 11 is 0. The van der Waals surface area contributed by atoms with E-state index < -0.39 is 6.17 Å². The zero-order chi connectivity index (χ0) is 5.98. The van der Waals surface area contributed by atoms with Gasteiger partial charge in [0.25, 0.3) is 0 Å². The molecule has 2 heteroatoms. The van der Waals surface area contributed by atoms with Gasteiger partial charge in [0, 0.05) is 6.42 Å². The van der Waals surface area contributed by atoms with E-state index in [1.807, 2.05) is 0 Å². The normalized spacial score (nSPS) is 27.6. The van der Waals surface area contributed by atoms with Gasteiger partial charge in [-0.15, -0.1) is 0 Å². The minimum absolute atomic E-state index is 0.125. The van der Waals surface area contributed by atoms with E-state index in [4.69, 9.17) is 5.11 Å². The van der Waals surface area contributed by atoms with Crippen LogP contribution in [0.2, 0.25) is 0 Å². The summed E-state index contributed by atoms with van der Waals surface area (Å²) in [6.07, 6.45) is 3.58. The fourth-order valence-corrected chi connectivity index (χ4v) is 0.623. The van der Waals surface area contributed by atoms with Crippen LogP contribution in [-0.2, 0) is 0 Å². The van der Waals surface area contributed by atoms with Crippen molar-refractivity contribution >= 4 is 0 Å². The number of rotatable bonds is 0. The molecule has 1 aliphatic carbocycles. The first kappa shape index (κ1) is 5.35. The lowest BCUT2D eigenvalue weighted by Gasteiger charge is -2.04. The van der Waals surface area contributed by atoms with Gasteiger partial charge < -0.3 is 5.11 Å². The van der Waals surface area contributed by atoms with Gasteiger partial charge >= 0.3 is 0 Å². The molecule has 1 nitrogen and oxygen atoms in total. The first-order valence-corrected chi connectivity index (χ1v) is 2.49. The van der Waals surface area contributed by atoms with E-state index in [0.29, 0.717) is 0 Å². The Morgan fingerprint density at radius 1 is 1.75 bits per heavy atom. The van der Waals surface area contributed by atoms with Gasteiger partial charge in [0.1, 0.15) is 6.17 Å². The zero-order valence-corrected chi connectivity index (χ0v) is 4.34. The zero-order valence-electron chi connectivity index (χ0n) is 4.34. The van der Waals surface area contributed by atoms with Crippen molar-refractivity contribution in [3.8, 4) is 0 Å². The van der Waals surface area contributed by atoms with Gasteiger partial charge in [-0.05, 0) is 6.08 Å². The molecule has 1 rings (SSSR count). The first-order valence-electron chi connectivity index (χ1n) is 2.49. The van der Waals surface area contributed by atoms with Gasteiger partial charge in [-0.25, -0.2) is 4.39 Å². The molecule has 8 heavy (non-hydrogen) atoms. The van der Waals surface area contributed by atoms with Crippen molar-refractivity contribution in [2.24, 2.45) is 0 Å². The highest BCUT2D eigenvalue weighted by atomic mass is 19.1. The summed E-state index contributed by atoms with van der Waals surface area (Å²) in [6.45, 7) is 0. The van der Waals surface area contributed by atoms with Crippen LogP contribution in [0.4, 0.5) is 4.39 Å². The number of hydrogen-bond donors (Lipinski definition) is 1. The molecule has 1 N–H and O–H groups in total. The Bertz CT molecular complexity index is 137. The molecule has 1 atom stereocenters. The minimum atomic E-state index is -0.986. The minimum Gasteiger partial charge on any atom is -0.512 e. The molecule has 0 saturated carbocycles. The van der Waals surface area contributed by atoms with Crippen LogP contribution >= 0.6 is 0 Å². The predicted octanol–water partition coefficient (Wildman–Crippen LogP) is 1.73. The molecule has 44 valence electrons. The topological polar surface area (TPSA) is 20.2 Å². The van der Waals surface area contributed by atoms with Crippen molar-refractivity contribution < 1.29 is 9.50 Å². The largest absolute Gasteiger partial charge is 0.512 e. The average Bonchev–Trinajstić information content (AvgIpc) is 1.64. The van der Waals surface area contributed by atoms with Crippen molar-refractivity contribution in [2.45, 2.75) is 12.6 Å². The Kier molecular flexibility index (Phi) is 1.33. The number of aliphatic hydroxyl groups is 1. The van der Waals surface area contributed by atoms with Gasteiger partial charge in [0.2, 0.25) is 0 Å². The maximum absolute atomic E-state index is 12.1. The van der Waals surface area contributed by atoms with Crippen LogP contribution in [0, 0.1) is 0 Å². The smallest absolute Gasteiger partial charge is 0.126 e. The molecular weight excluding hydrogens is 107 g/mol. The molecule has 0 aliphatic heterocycles. The molecule has 0 amide bonds. The second kappa shape index (κ2) is 1.99. The van der Waals surface area contributed by atoms with E-state index in [2.05, 4.69) is 0 Å². The fourth-order valence-electron chi connectivity index (χ4n) is 0.623. The third-order valence-corrected chi connectivity index (χ3v) is 1.01. The Balaban J connectivity index is 2.59. The van der Waals surface area contributed by atoms with E-state index in [-0.39, 0.29) is 12.2 Å². The van der Waals surface area contributed by atoms with E-state index >= 15 is 0 Å². The lowest BCUT2D eigenvalue weighted by molar-refractivity contribution is 0.315. The van der Waals surface area contributed by atoms with E-state index in [9.17, 15) is 4.39 Å². The Labute approximate surface area is 47.1 Å². The molecule has 0 saturated heterocycles. The third kappa shape index (κ3) is 1.09. The van der Waals surface area contributed by atoms with Gasteiger partial charge in [-0.3, -0.25) is 0 Å². The van der Waals surface area contributed by atoms with Crippen molar-refractivity contribution in [2.75, 3.05) is 0 Å². The summed E-state index contributed by atoms with van der Waals surface area (Å²) in [6, 6.07) is 0. The maximum Gasteiger partial charge on any atom is 0.126 e. The number of halogens is 1. The first-order chi connectivity index (χ1) is 3.79. The molecule has 0 radical (unpaired) electrons. The lowest BCUT2D eigenvalue weighted by Crippen LogP contribution is -1.99. The molecule has 0 heterocycles. The highest BCUT2D eigenvalue weighted by molar-refractivity contribution is 5.15. The Morgan fingerprint density at radius 3 is 2.88 bits per heavy atom. The quantitative estimate of drug-likeness (QED) is 0.508. The summed E-state index contributed by atoms with van der Waals surface area (Å²) in [4.78, 5) is 0. The van der Waals surface area contributed by atoms with E-state index in [1.54, 1.807) is 0 Å². The predicted molar refractivity (Wildman–Crippen MR) is 29.4 cm³/mol. The SMILES string of the molecule is OC1=CC=CC(F)C1. The van der Waals surface area contributed by atoms with Crippen LogP contribution < -0.4 is 0 Å². The van der Waals surface area contributed by atoms with Crippen molar-refractivity contribution in [1.29, 1.82) is 0 Å². The monoisotopic (exact) mass is 114 g/mol. The highest BCUT2D eigenvalue weighted by Crippen LogP contribution is 2.11. The Morgan fingerprint density at radius 2 is 2.50 bits per heavy atom. The molecular formula is C6H7FO. The number of allylic oxidation sites excluding steroid dienone is 4. The van der Waals surface area contributed by atoms with Crippen molar-refractivity contribution in [3.05, 3.63) is 24.0 Å². The van der Waals surface area contributed by atoms with Crippen LogP contribution in [-0.4, -0.2) is 11.3 Å². The second-order valence-corrected chi connectivity index (χ2v) is 1.76. The summed E-state index contributed by atoms with van der Waals surface area (Å²) in [5, 5.41) is 8.65. The van der Waals surface area contributed by atoms with Gasteiger partial charge in [0.05, 0.1) is 5.76 Å². The molecule has 0 aromatic rings.